The number of amides is 1. The molecule has 2 rings (SSSR count). The molecular weight excluding hydrogens is 278 g/mol. The number of nitrogens with one attached hydrogen (secondary N) is 2. The van der Waals surface area contributed by atoms with Crippen LogP contribution in [0.5, 0.6) is 0 Å². The van der Waals surface area contributed by atoms with Gasteiger partial charge in [-0.3, -0.25) is 14.9 Å². The van der Waals surface area contributed by atoms with Crippen molar-refractivity contribution >= 4 is 23.4 Å². The molecule has 0 bridgehead atoms. The number of nitrogens with zero attached hydrogens (tertiary/aromatic N) is 1. The summed E-state index contributed by atoms with van der Waals surface area (Å²) < 4.78 is 0. The molecular formula is C13H17N3O3S. The molecule has 0 saturated carbocycles. The topological polar surface area (TPSA) is 84.3 Å². The number of carbonyl (C=O) groups is 1. The van der Waals surface area contributed by atoms with E-state index in [1.54, 1.807) is 12.1 Å². The molecule has 6 nitrogen and oxygen atoms in total. The van der Waals surface area contributed by atoms with Crippen LogP contribution in [0.25, 0.3) is 0 Å². The highest BCUT2D eigenvalue weighted by Gasteiger charge is 2.23. The van der Waals surface area contributed by atoms with E-state index >= 15 is 0 Å². The summed E-state index contributed by atoms with van der Waals surface area (Å²) in [4.78, 5) is 23.6. The minimum atomic E-state index is -0.516. The molecule has 0 aliphatic carbocycles. The van der Waals surface area contributed by atoms with Gasteiger partial charge in [-0.25, -0.2) is 0 Å². The van der Waals surface area contributed by atoms with Gasteiger partial charge in [0.2, 0.25) is 0 Å². The molecule has 0 spiro atoms. The van der Waals surface area contributed by atoms with Crippen LogP contribution < -0.4 is 10.6 Å². The number of hydrogen-bond donors (Lipinski definition) is 2. The fraction of sp³-hybridized carbons (Fsp3) is 0.462. The number of piperidine rings is 1. The first kappa shape index (κ1) is 14.8. The second-order valence-corrected chi connectivity index (χ2v) is 5.54. The number of rotatable bonds is 4. The quantitative estimate of drug-likeness (QED) is 0.502. The number of thioether (sulfide) groups is 1. The van der Waals surface area contributed by atoms with Gasteiger partial charge >= 0.3 is 0 Å². The van der Waals surface area contributed by atoms with Crippen molar-refractivity contribution in [3.63, 3.8) is 0 Å². The third kappa shape index (κ3) is 3.49. The zero-order valence-electron chi connectivity index (χ0n) is 11.2. The molecule has 108 valence electrons. The molecule has 1 aliphatic heterocycles. The minimum Gasteiger partial charge on any atom is -0.348 e. The number of benzene rings is 1. The molecule has 1 atom stereocenters. The Labute approximate surface area is 121 Å². The lowest BCUT2D eigenvalue weighted by Crippen LogP contribution is -2.45. The second kappa shape index (κ2) is 6.71. The van der Waals surface area contributed by atoms with Crippen LogP contribution in [0.4, 0.5) is 5.69 Å². The van der Waals surface area contributed by atoms with Gasteiger partial charge in [0, 0.05) is 23.5 Å². The van der Waals surface area contributed by atoms with E-state index in [2.05, 4.69) is 10.6 Å². The first-order chi connectivity index (χ1) is 9.61. The highest BCUT2D eigenvalue weighted by atomic mass is 32.2. The maximum atomic E-state index is 12.3. The molecule has 1 aromatic carbocycles. The third-order valence-electron chi connectivity index (χ3n) is 3.28. The summed E-state index contributed by atoms with van der Waals surface area (Å²) in [6.45, 7) is 1.66. The van der Waals surface area contributed by atoms with E-state index in [1.165, 1.54) is 17.8 Å². The van der Waals surface area contributed by atoms with Crippen LogP contribution in [0.3, 0.4) is 0 Å². The lowest BCUT2D eigenvalue weighted by molar-refractivity contribution is -0.385. The Hall–Kier alpha value is -1.60. The smallest absolute Gasteiger partial charge is 0.282 e. The van der Waals surface area contributed by atoms with Crippen molar-refractivity contribution in [1.29, 1.82) is 0 Å². The molecule has 0 radical (unpaired) electrons. The van der Waals surface area contributed by atoms with Gasteiger partial charge in [0.05, 0.1) is 4.92 Å². The SMILES string of the molecule is CSc1ccc([N+](=O)[O-])c(C(=O)NC2CCCNC2)c1. The van der Waals surface area contributed by atoms with E-state index in [1.807, 2.05) is 6.26 Å². The van der Waals surface area contributed by atoms with Crippen LogP contribution in [0, 0.1) is 10.1 Å². The Balaban J connectivity index is 2.20. The number of nitro benzene ring substituents is 1. The first-order valence-electron chi connectivity index (χ1n) is 6.46. The normalized spacial score (nSPS) is 18.6. The van der Waals surface area contributed by atoms with Gasteiger partial charge in [-0.05, 0) is 37.8 Å². The molecule has 1 heterocycles. The van der Waals surface area contributed by atoms with Crippen molar-refractivity contribution in [2.75, 3.05) is 19.3 Å². The second-order valence-electron chi connectivity index (χ2n) is 4.66. The van der Waals surface area contributed by atoms with Crippen molar-refractivity contribution in [2.24, 2.45) is 0 Å². The van der Waals surface area contributed by atoms with E-state index in [-0.39, 0.29) is 23.2 Å². The van der Waals surface area contributed by atoms with Crippen molar-refractivity contribution in [1.82, 2.24) is 10.6 Å². The van der Waals surface area contributed by atoms with E-state index in [0.29, 0.717) is 6.54 Å². The summed E-state index contributed by atoms with van der Waals surface area (Å²) >= 11 is 1.45. The van der Waals surface area contributed by atoms with Crippen molar-refractivity contribution in [3.05, 3.63) is 33.9 Å². The summed E-state index contributed by atoms with van der Waals surface area (Å²) in [5, 5.41) is 17.1. The zero-order valence-corrected chi connectivity index (χ0v) is 12.0. The minimum absolute atomic E-state index is 0.0359. The van der Waals surface area contributed by atoms with Crippen molar-refractivity contribution < 1.29 is 9.72 Å². The molecule has 1 aliphatic rings. The Kier molecular flexibility index (Phi) is 4.97. The Bertz CT molecular complexity index is 516. The highest BCUT2D eigenvalue weighted by molar-refractivity contribution is 7.98. The van der Waals surface area contributed by atoms with Gasteiger partial charge in [-0.1, -0.05) is 0 Å². The Morgan fingerprint density at radius 1 is 1.55 bits per heavy atom. The number of carbonyl (C=O) groups excluding carboxylic acids is 1. The fourth-order valence-corrected chi connectivity index (χ4v) is 2.66. The molecule has 1 fully saturated rings. The van der Waals surface area contributed by atoms with E-state index in [4.69, 9.17) is 0 Å². The van der Waals surface area contributed by atoms with Crippen LogP contribution >= 0.6 is 11.8 Å². The monoisotopic (exact) mass is 295 g/mol. The molecule has 1 unspecified atom stereocenters. The fourth-order valence-electron chi connectivity index (χ4n) is 2.22. The van der Waals surface area contributed by atoms with Gasteiger partial charge in [0.15, 0.2) is 0 Å². The van der Waals surface area contributed by atoms with Crippen LogP contribution in [0.2, 0.25) is 0 Å². The molecule has 1 saturated heterocycles. The van der Waals surface area contributed by atoms with Crippen molar-refractivity contribution in [2.45, 2.75) is 23.8 Å². The van der Waals surface area contributed by atoms with Gasteiger partial charge in [-0.15, -0.1) is 11.8 Å². The van der Waals surface area contributed by atoms with Crippen LogP contribution in [0.15, 0.2) is 23.1 Å². The Morgan fingerprint density at radius 2 is 2.35 bits per heavy atom. The maximum Gasteiger partial charge on any atom is 0.282 e. The van der Waals surface area contributed by atoms with Gasteiger partial charge in [-0.2, -0.15) is 0 Å². The molecule has 7 heteroatoms. The largest absolute Gasteiger partial charge is 0.348 e. The van der Waals surface area contributed by atoms with E-state index in [0.717, 1.165) is 24.3 Å². The lowest BCUT2D eigenvalue weighted by Gasteiger charge is -2.23. The summed E-state index contributed by atoms with van der Waals surface area (Å²) in [5.74, 6) is -0.374. The van der Waals surface area contributed by atoms with Crippen LogP contribution in [-0.2, 0) is 0 Å². The van der Waals surface area contributed by atoms with Crippen LogP contribution in [-0.4, -0.2) is 36.2 Å². The summed E-state index contributed by atoms with van der Waals surface area (Å²) in [5.41, 5.74) is -0.0171. The van der Waals surface area contributed by atoms with E-state index in [9.17, 15) is 14.9 Å². The first-order valence-corrected chi connectivity index (χ1v) is 7.68. The molecule has 2 N–H and O–H groups in total. The van der Waals surface area contributed by atoms with Gasteiger partial charge in [0.1, 0.15) is 5.56 Å². The van der Waals surface area contributed by atoms with E-state index < -0.39 is 4.92 Å². The number of hydrogen-bond acceptors (Lipinski definition) is 5. The summed E-state index contributed by atoms with van der Waals surface area (Å²) in [7, 11) is 0. The Morgan fingerprint density at radius 3 is 2.95 bits per heavy atom. The zero-order chi connectivity index (χ0) is 14.5. The van der Waals surface area contributed by atoms with Gasteiger partial charge < -0.3 is 10.6 Å². The highest BCUT2D eigenvalue weighted by Crippen LogP contribution is 2.25. The third-order valence-corrected chi connectivity index (χ3v) is 4.00. The summed E-state index contributed by atoms with van der Waals surface area (Å²) in [6, 6.07) is 4.66. The molecule has 1 aromatic rings. The average molecular weight is 295 g/mol. The molecule has 1 amide bonds. The van der Waals surface area contributed by atoms with Crippen LogP contribution in [0.1, 0.15) is 23.2 Å². The summed E-state index contributed by atoms with van der Waals surface area (Å²) in [6.07, 6.45) is 3.76. The molecule has 0 aromatic heterocycles. The van der Waals surface area contributed by atoms with Crippen molar-refractivity contribution in [3.8, 4) is 0 Å². The predicted octanol–water partition coefficient (Wildman–Crippen LogP) is 1.80. The predicted molar refractivity (Wildman–Crippen MR) is 78.2 cm³/mol. The lowest BCUT2D eigenvalue weighted by atomic mass is 10.1. The van der Waals surface area contributed by atoms with Gasteiger partial charge in [0.25, 0.3) is 11.6 Å². The maximum absolute atomic E-state index is 12.3. The molecule has 20 heavy (non-hydrogen) atoms. The number of nitro groups is 1. The average Bonchev–Trinajstić information content (AvgIpc) is 2.47. The standard InChI is InChI=1S/C13H17N3O3S/c1-20-10-4-5-12(16(18)19)11(7-10)13(17)15-9-3-2-6-14-8-9/h4-5,7,9,14H,2-3,6,8H2,1H3,(H,15,17).